The zero-order valence-corrected chi connectivity index (χ0v) is 20.2. The van der Waals surface area contributed by atoms with Gasteiger partial charge in [0.05, 0.1) is 33.0 Å². The van der Waals surface area contributed by atoms with Gasteiger partial charge in [0.15, 0.2) is 0 Å². The third-order valence-corrected chi connectivity index (χ3v) is 6.24. The Balaban J connectivity index is 1.27. The number of ether oxygens (including phenoxy) is 3. The van der Waals surface area contributed by atoms with Crippen molar-refractivity contribution in [2.45, 2.75) is 0 Å². The van der Waals surface area contributed by atoms with Crippen LogP contribution in [0.3, 0.4) is 0 Å². The lowest BCUT2D eigenvalue weighted by Crippen LogP contribution is -2.11. The fraction of sp³-hybridized carbons (Fsp3) is 0.188. The van der Waals surface area contributed by atoms with E-state index in [1.807, 2.05) is 12.1 Å². The van der Waals surface area contributed by atoms with Crippen LogP contribution in [0.1, 0.15) is 0 Å². The summed E-state index contributed by atoms with van der Waals surface area (Å²) in [6.07, 6.45) is 0. The molecule has 0 heterocycles. The molecule has 0 aliphatic heterocycles. The van der Waals surface area contributed by atoms with Gasteiger partial charge in [-0.3, -0.25) is 0 Å². The molecular weight excluding hydrogens is 448 g/mol. The first-order valence-electron chi connectivity index (χ1n) is 12.3. The molecule has 0 aromatic heterocycles. The van der Waals surface area contributed by atoms with Gasteiger partial charge in [-0.2, -0.15) is 0 Å². The first-order valence-corrected chi connectivity index (χ1v) is 12.3. The topological polar surface area (TPSA) is 47.9 Å². The molecule has 0 unspecified atom stereocenters. The van der Waals surface area contributed by atoms with Gasteiger partial charge in [0.25, 0.3) is 0 Å². The predicted molar refractivity (Wildman–Crippen MR) is 147 cm³/mol. The van der Waals surface area contributed by atoms with Gasteiger partial charge in [0, 0.05) is 0 Å². The van der Waals surface area contributed by atoms with Crippen LogP contribution in [0.15, 0.2) is 103 Å². The molecule has 0 fully saturated rings. The summed E-state index contributed by atoms with van der Waals surface area (Å²) in [5, 5.41) is 13.7. The SMILES string of the molecule is OCCOCCOCCOc1ccc(-c2ccc(-c3c4ccccc4cc4ccccc34)cc2)cc1. The van der Waals surface area contributed by atoms with Gasteiger partial charge in [-0.05, 0) is 62.0 Å². The third-order valence-electron chi connectivity index (χ3n) is 6.24. The van der Waals surface area contributed by atoms with Crippen molar-refractivity contribution in [2.75, 3.05) is 39.6 Å². The van der Waals surface area contributed by atoms with Crippen molar-refractivity contribution < 1.29 is 19.3 Å². The largest absolute Gasteiger partial charge is 0.491 e. The number of aliphatic hydroxyl groups is 1. The van der Waals surface area contributed by atoms with Crippen LogP contribution in [0.4, 0.5) is 0 Å². The van der Waals surface area contributed by atoms with Gasteiger partial charge in [0.2, 0.25) is 0 Å². The van der Waals surface area contributed by atoms with Crippen molar-refractivity contribution in [3.63, 3.8) is 0 Å². The fourth-order valence-corrected chi connectivity index (χ4v) is 4.50. The standard InChI is InChI=1S/C32H30O4/c33-17-18-34-19-20-35-21-22-36-29-15-13-25(14-16-29)24-9-11-26(12-10-24)32-30-7-3-1-5-27(30)23-28-6-2-4-8-31(28)32/h1-16,23,33H,17-22H2. The molecule has 0 saturated carbocycles. The Kier molecular flexibility index (Phi) is 7.89. The van der Waals surface area contributed by atoms with Crippen LogP contribution < -0.4 is 4.74 Å². The molecule has 0 aliphatic carbocycles. The van der Waals surface area contributed by atoms with Crippen LogP contribution in [0.25, 0.3) is 43.8 Å². The fourth-order valence-electron chi connectivity index (χ4n) is 4.50. The van der Waals surface area contributed by atoms with Crippen LogP contribution in [-0.4, -0.2) is 44.7 Å². The van der Waals surface area contributed by atoms with E-state index >= 15 is 0 Å². The average Bonchev–Trinajstić information content (AvgIpc) is 2.93. The van der Waals surface area contributed by atoms with Crippen molar-refractivity contribution in [1.82, 2.24) is 0 Å². The minimum absolute atomic E-state index is 0.0324. The summed E-state index contributed by atoms with van der Waals surface area (Å²) in [6, 6.07) is 36.4. The Labute approximate surface area is 211 Å². The summed E-state index contributed by atoms with van der Waals surface area (Å²) in [5.41, 5.74) is 4.81. The van der Waals surface area contributed by atoms with E-state index in [0.717, 1.165) is 11.3 Å². The summed E-state index contributed by atoms with van der Waals surface area (Å²) in [4.78, 5) is 0. The summed E-state index contributed by atoms with van der Waals surface area (Å²) in [6.45, 7) is 2.32. The second kappa shape index (κ2) is 11.8. The number of aliphatic hydroxyl groups excluding tert-OH is 1. The van der Waals surface area contributed by atoms with E-state index in [0.29, 0.717) is 33.0 Å². The Hall–Kier alpha value is -3.70. The molecule has 36 heavy (non-hydrogen) atoms. The van der Waals surface area contributed by atoms with E-state index < -0.39 is 0 Å². The Morgan fingerprint density at radius 3 is 1.61 bits per heavy atom. The van der Waals surface area contributed by atoms with E-state index in [-0.39, 0.29) is 6.61 Å². The maximum atomic E-state index is 8.67. The molecule has 0 spiro atoms. The lowest BCUT2D eigenvalue weighted by Gasteiger charge is -2.13. The molecule has 182 valence electrons. The minimum atomic E-state index is 0.0324. The van der Waals surface area contributed by atoms with Crippen molar-refractivity contribution in [3.05, 3.63) is 103 Å². The third kappa shape index (κ3) is 5.58. The van der Waals surface area contributed by atoms with Crippen molar-refractivity contribution in [1.29, 1.82) is 0 Å². The highest BCUT2D eigenvalue weighted by Gasteiger charge is 2.10. The zero-order valence-electron chi connectivity index (χ0n) is 20.2. The smallest absolute Gasteiger partial charge is 0.119 e. The van der Waals surface area contributed by atoms with Crippen molar-refractivity contribution in [3.8, 4) is 28.0 Å². The molecule has 4 nitrogen and oxygen atoms in total. The molecule has 0 saturated heterocycles. The highest BCUT2D eigenvalue weighted by molar-refractivity contribution is 6.12. The van der Waals surface area contributed by atoms with Gasteiger partial charge in [0.1, 0.15) is 12.4 Å². The van der Waals surface area contributed by atoms with E-state index in [1.165, 1.54) is 38.2 Å². The number of benzene rings is 5. The highest BCUT2D eigenvalue weighted by atomic mass is 16.5. The van der Waals surface area contributed by atoms with E-state index in [9.17, 15) is 0 Å². The number of hydrogen-bond donors (Lipinski definition) is 1. The van der Waals surface area contributed by atoms with Gasteiger partial charge in [-0.15, -0.1) is 0 Å². The zero-order chi connectivity index (χ0) is 24.6. The summed E-state index contributed by atoms with van der Waals surface area (Å²) in [7, 11) is 0. The van der Waals surface area contributed by atoms with Crippen LogP contribution in [0, 0.1) is 0 Å². The molecule has 4 heteroatoms. The van der Waals surface area contributed by atoms with Gasteiger partial charge >= 0.3 is 0 Å². The summed E-state index contributed by atoms with van der Waals surface area (Å²) < 4.78 is 16.4. The maximum absolute atomic E-state index is 8.67. The molecular formula is C32H30O4. The van der Waals surface area contributed by atoms with Crippen LogP contribution in [0.2, 0.25) is 0 Å². The number of rotatable bonds is 11. The number of fused-ring (bicyclic) bond motifs is 2. The molecule has 5 aromatic rings. The maximum Gasteiger partial charge on any atom is 0.119 e. The molecule has 0 bridgehead atoms. The van der Waals surface area contributed by atoms with Crippen LogP contribution in [-0.2, 0) is 9.47 Å². The molecule has 0 aliphatic rings. The lowest BCUT2D eigenvalue weighted by molar-refractivity contribution is 0.0247. The number of hydrogen-bond acceptors (Lipinski definition) is 4. The predicted octanol–water partition coefficient (Wildman–Crippen LogP) is 6.73. The molecule has 5 rings (SSSR count). The minimum Gasteiger partial charge on any atom is -0.491 e. The Bertz CT molecular complexity index is 1350. The van der Waals surface area contributed by atoms with Gasteiger partial charge < -0.3 is 19.3 Å². The van der Waals surface area contributed by atoms with E-state index in [4.69, 9.17) is 19.3 Å². The second-order valence-electron chi connectivity index (χ2n) is 8.59. The monoisotopic (exact) mass is 478 g/mol. The normalized spacial score (nSPS) is 11.2. The van der Waals surface area contributed by atoms with E-state index in [1.54, 1.807) is 0 Å². The first kappa shape index (κ1) is 24.0. The summed E-state index contributed by atoms with van der Waals surface area (Å²) in [5.74, 6) is 0.817. The quantitative estimate of drug-likeness (QED) is 0.169. The van der Waals surface area contributed by atoms with Gasteiger partial charge in [-0.25, -0.2) is 0 Å². The van der Waals surface area contributed by atoms with Gasteiger partial charge in [-0.1, -0.05) is 84.9 Å². The Morgan fingerprint density at radius 1 is 0.500 bits per heavy atom. The average molecular weight is 479 g/mol. The Morgan fingerprint density at radius 2 is 1.00 bits per heavy atom. The van der Waals surface area contributed by atoms with Crippen LogP contribution >= 0.6 is 0 Å². The molecule has 5 aromatic carbocycles. The molecule has 0 radical (unpaired) electrons. The summed E-state index contributed by atoms with van der Waals surface area (Å²) >= 11 is 0. The molecule has 0 amide bonds. The van der Waals surface area contributed by atoms with Crippen molar-refractivity contribution >= 4 is 21.5 Å². The molecule has 0 atom stereocenters. The van der Waals surface area contributed by atoms with Crippen LogP contribution in [0.5, 0.6) is 5.75 Å². The first-order chi connectivity index (χ1) is 17.8. The highest BCUT2D eigenvalue weighted by Crippen LogP contribution is 2.37. The van der Waals surface area contributed by atoms with Crippen molar-refractivity contribution in [2.24, 2.45) is 0 Å². The lowest BCUT2D eigenvalue weighted by atomic mass is 9.91. The second-order valence-corrected chi connectivity index (χ2v) is 8.59. The van der Waals surface area contributed by atoms with E-state index in [2.05, 4.69) is 91.0 Å². The molecule has 1 N–H and O–H groups in total.